The SMILES string of the molecule is COC(=O)CCc1c(C(=O)OC)[nH]c2c(Br)c(C)ccc12. The molecule has 0 bridgehead atoms. The highest BCUT2D eigenvalue weighted by Gasteiger charge is 2.20. The number of hydrogen-bond donors (Lipinski definition) is 1. The van der Waals surface area contributed by atoms with E-state index in [1.54, 1.807) is 0 Å². The maximum atomic E-state index is 11.9. The number of hydrogen-bond acceptors (Lipinski definition) is 4. The van der Waals surface area contributed by atoms with Gasteiger partial charge >= 0.3 is 11.9 Å². The monoisotopic (exact) mass is 353 g/mol. The standard InChI is InChI=1S/C15H16BrNO4/c1-8-4-5-9-10(6-7-11(18)20-2)14(15(19)21-3)17-13(9)12(8)16/h4-5,17H,6-7H2,1-3H3. The Labute approximate surface area is 130 Å². The van der Waals surface area contributed by atoms with E-state index in [2.05, 4.69) is 25.7 Å². The van der Waals surface area contributed by atoms with Crippen molar-refractivity contribution in [3.63, 3.8) is 0 Å². The first-order valence-corrected chi connectivity index (χ1v) is 7.23. The summed E-state index contributed by atoms with van der Waals surface area (Å²) >= 11 is 3.52. The van der Waals surface area contributed by atoms with Crippen molar-refractivity contribution >= 4 is 38.8 Å². The average Bonchev–Trinajstić information content (AvgIpc) is 2.87. The van der Waals surface area contributed by atoms with Crippen LogP contribution in [0.4, 0.5) is 0 Å². The molecule has 0 aliphatic rings. The van der Waals surface area contributed by atoms with Crippen molar-refractivity contribution < 1.29 is 19.1 Å². The van der Waals surface area contributed by atoms with E-state index in [4.69, 9.17) is 4.74 Å². The molecule has 2 rings (SSSR count). The van der Waals surface area contributed by atoms with E-state index in [-0.39, 0.29) is 12.4 Å². The molecule has 1 heterocycles. The summed E-state index contributed by atoms with van der Waals surface area (Å²) in [7, 11) is 2.68. The predicted molar refractivity (Wildman–Crippen MR) is 82.4 cm³/mol. The zero-order chi connectivity index (χ0) is 15.6. The summed E-state index contributed by atoms with van der Waals surface area (Å²) in [6.07, 6.45) is 0.617. The van der Waals surface area contributed by atoms with Crippen molar-refractivity contribution in [3.8, 4) is 0 Å². The van der Waals surface area contributed by atoms with Gasteiger partial charge in [0.05, 0.1) is 19.7 Å². The van der Waals surface area contributed by atoms with Crippen LogP contribution in [0.3, 0.4) is 0 Å². The van der Waals surface area contributed by atoms with Crippen molar-refractivity contribution in [1.29, 1.82) is 0 Å². The molecule has 1 aromatic carbocycles. The van der Waals surface area contributed by atoms with Crippen LogP contribution in [-0.4, -0.2) is 31.1 Å². The van der Waals surface area contributed by atoms with Gasteiger partial charge < -0.3 is 14.5 Å². The molecule has 0 atom stereocenters. The van der Waals surface area contributed by atoms with Gasteiger partial charge in [0.25, 0.3) is 0 Å². The number of methoxy groups -OCH3 is 2. The Kier molecular flexibility index (Phi) is 4.67. The number of carbonyl (C=O) groups is 2. The maximum Gasteiger partial charge on any atom is 0.354 e. The van der Waals surface area contributed by atoms with E-state index < -0.39 is 5.97 Å². The minimum absolute atomic E-state index is 0.207. The van der Waals surface area contributed by atoms with Gasteiger partial charge in [0.2, 0.25) is 0 Å². The lowest BCUT2D eigenvalue weighted by Crippen LogP contribution is -2.07. The Morgan fingerprint density at radius 2 is 1.95 bits per heavy atom. The van der Waals surface area contributed by atoms with Crippen LogP contribution in [0.1, 0.15) is 28.0 Å². The van der Waals surface area contributed by atoms with E-state index >= 15 is 0 Å². The smallest absolute Gasteiger partial charge is 0.354 e. The topological polar surface area (TPSA) is 68.4 Å². The second kappa shape index (κ2) is 6.30. The first-order valence-electron chi connectivity index (χ1n) is 6.44. The fourth-order valence-electron chi connectivity index (χ4n) is 2.25. The van der Waals surface area contributed by atoms with Crippen LogP contribution >= 0.6 is 15.9 Å². The van der Waals surface area contributed by atoms with Crippen LogP contribution in [0.25, 0.3) is 10.9 Å². The molecule has 0 aliphatic carbocycles. The van der Waals surface area contributed by atoms with E-state index in [1.807, 2.05) is 19.1 Å². The summed E-state index contributed by atoms with van der Waals surface area (Å²) in [6, 6.07) is 3.90. The molecule has 0 unspecified atom stereocenters. The van der Waals surface area contributed by atoms with Gasteiger partial charge in [-0.05, 0) is 40.4 Å². The van der Waals surface area contributed by atoms with E-state index in [0.29, 0.717) is 12.1 Å². The molecule has 0 saturated carbocycles. The zero-order valence-electron chi connectivity index (χ0n) is 12.1. The quantitative estimate of drug-likeness (QED) is 0.857. The number of benzene rings is 1. The lowest BCUT2D eigenvalue weighted by Gasteiger charge is -2.03. The average molecular weight is 354 g/mol. The summed E-state index contributed by atoms with van der Waals surface area (Å²) in [5, 5.41) is 0.900. The molecule has 2 aromatic rings. The summed E-state index contributed by atoms with van der Waals surface area (Å²) in [5.41, 5.74) is 3.03. The molecule has 0 fully saturated rings. The highest BCUT2D eigenvalue weighted by molar-refractivity contribution is 9.10. The molecule has 0 aliphatic heterocycles. The summed E-state index contributed by atoms with van der Waals surface area (Å²) in [5.74, 6) is -0.762. The van der Waals surface area contributed by atoms with Crippen LogP contribution in [0.15, 0.2) is 16.6 Å². The first-order chi connectivity index (χ1) is 9.99. The first kappa shape index (κ1) is 15.6. The van der Waals surface area contributed by atoms with Crippen LogP contribution in [0.5, 0.6) is 0 Å². The molecule has 0 spiro atoms. The molecule has 5 nitrogen and oxygen atoms in total. The van der Waals surface area contributed by atoms with Crippen LogP contribution in [0.2, 0.25) is 0 Å². The third-order valence-corrected chi connectivity index (χ3v) is 4.43. The van der Waals surface area contributed by atoms with Crippen LogP contribution in [-0.2, 0) is 20.7 Å². The largest absolute Gasteiger partial charge is 0.469 e. The number of aromatic amines is 1. The van der Waals surface area contributed by atoms with Gasteiger partial charge in [0.1, 0.15) is 5.69 Å². The van der Waals surface area contributed by atoms with E-state index in [1.165, 1.54) is 14.2 Å². The molecule has 0 amide bonds. The molecule has 1 N–H and O–H groups in total. The van der Waals surface area contributed by atoms with Gasteiger partial charge in [-0.3, -0.25) is 4.79 Å². The highest BCUT2D eigenvalue weighted by atomic mass is 79.9. The van der Waals surface area contributed by atoms with Gasteiger partial charge in [-0.2, -0.15) is 0 Å². The maximum absolute atomic E-state index is 11.9. The lowest BCUT2D eigenvalue weighted by molar-refractivity contribution is -0.140. The predicted octanol–water partition coefficient (Wildman–Crippen LogP) is 3.13. The lowest BCUT2D eigenvalue weighted by atomic mass is 10.0. The Balaban J connectivity index is 2.55. The second-order valence-electron chi connectivity index (χ2n) is 4.67. The van der Waals surface area contributed by atoms with Gasteiger partial charge in [-0.1, -0.05) is 12.1 Å². The third-order valence-electron chi connectivity index (χ3n) is 3.41. The Morgan fingerprint density at radius 1 is 1.24 bits per heavy atom. The van der Waals surface area contributed by atoms with Gasteiger partial charge in [0, 0.05) is 16.3 Å². The summed E-state index contributed by atoms with van der Waals surface area (Å²) in [6.45, 7) is 1.97. The number of rotatable bonds is 4. The molecule has 1 aromatic heterocycles. The third kappa shape index (κ3) is 2.95. The van der Waals surface area contributed by atoms with E-state index in [9.17, 15) is 9.59 Å². The second-order valence-corrected chi connectivity index (χ2v) is 5.46. The number of aromatic nitrogens is 1. The highest BCUT2D eigenvalue weighted by Crippen LogP contribution is 2.32. The number of ether oxygens (including phenoxy) is 2. The fourth-order valence-corrected chi connectivity index (χ4v) is 2.70. The van der Waals surface area contributed by atoms with Crippen molar-refractivity contribution in [2.75, 3.05) is 14.2 Å². The van der Waals surface area contributed by atoms with Crippen molar-refractivity contribution in [1.82, 2.24) is 4.98 Å². The van der Waals surface area contributed by atoms with Crippen molar-refractivity contribution in [2.24, 2.45) is 0 Å². The number of nitrogens with one attached hydrogen (secondary N) is 1. The molecule has 21 heavy (non-hydrogen) atoms. The molecule has 0 radical (unpaired) electrons. The van der Waals surface area contributed by atoms with Gasteiger partial charge in [-0.15, -0.1) is 0 Å². The fraction of sp³-hybridized carbons (Fsp3) is 0.333. The molecule has 6 heteroatoms. The number of carbonyl (C=O) groups excluding carboxylic acids is 2. The van der Waals surface area contributed by atoms with Crippen molar-refractivity contribution in [2.45, 2.75) is 19.8 Å². The Morgan fingerprint density at radius 3 is 2.57 bits per heavy atom. The molecular formula is C15H16BrNO4. The number of aryl methyl sites for hydroxylation is 2. The van der Waals surface area contributed by atoms with Crippen LogP contribution in [0, 0.1) is 6.92 Å². The van der Waals surface area contributed by atoms with Crippen LogP contribution < -0.4 is 0 Å². The van der Waals surface area contributed by atoms with E-state index in [0.717, 1.165) is 26.5 Å². The minimum atomic E-state index is -0.449. The molecule has 0 saturated heterocycles. The summed E-state index contributed by atoms with van der Waals surface area (Å²) < 4.78 is 10.4. The number of H-pyrrole nitrogens is 1. The minimum Gasteiger partial charge on any atom is -0.469 e. The normalized spacial score (nSPS) is 10.7. The molecular weight excluding hydrogens is 338 g/mol. The summed E-state index contributed by atoms with van der Waals surface area (Å²) in [4.78, 5) is 26.4. The zero-order valence-corrected chi connectivity index (χ0v) is 13.7. The number of esters is 2. The van der Waals surface area contributed by atoms with Gasteiger partial charge in [-0.25, -0.2) is 4.79 Å². The molecule has 112 valence electrons. The van der Waals surface area contributed by atoms with Gasteiger partial charge in [0.15, 0.2) is 0 Å². The number of halogens is 1. The Bertz CT molecular complexity index is 705. The number of fused-ring (bicyclic) bond motifs is 1. The Hall–Kier alpha value is -1.82. The van der Waals surface area contributed by atoms with Crippen molar-refractivity contribution in [3.05, 3.63) is 33.4 Å².